The zero-order valence-corrected chi connectivity index (χ0v) is 12.4. The van der Waals surface area contributed by atoms with E-state index >= 15 is 0 Å². The molecule has 0 spiro atoms. The lowest BCUT2D eigenvalue weighted by molar-refractivity contribution is 0.628. The van der Waals surface area contributed by atoms with Gasteiger partial charge in [-0.05, 0) is 34.7 Å². The van der Waals surface area contributed by atoms with Crippen molar-refractivity contribution in [1.29, 1.82) is 0 Å². The van der Waals surface area contributed by atoms with Gasteiger partial charge < -0.3 is 0 Å². The molecule has 1 aromatic heterocycles. The Bertz CT molecular complexity index is 952. The van der Waals surface area contributed by atoms with Crippen LogP contribution in [0.5, 0.6) is 0 Å². The standard InChI is InChI=1S/C21H14FN/c22-19-11-9-16(10-12-19)15-5-7-18(8-6-15)21-20-4-2-1-3-17(20)13-14-23-21/h1-14H. The van der Waals surface area contributed by atoms with Crippen molar-refractivity contribution >= 4 is 10.8 Å². The summed E-state index contributed by atoms with van der Waals surface area (Å²) in [4.78, 5) is 4.54. The van der Waals surface area contributed by atoms with E-state index < -0.39 is 0 Å². The van der Waals surface area contributed by atoms with Gasteiger partial charge in [0.1, 0.15) is 5.82 Å². The molecule has 0 aliphatic rings. The molecule has 0 aliphatic heterocycles. The van der Waals surface area contributed by atoms with Crippen LogP contribution in [-0.4, -0.2) is 4.98 Å². The average Bonchev–Trinajstić information content (AvgIpc) is 2.62. The summed E-state index contributed by atoms with van der Waals surface area (Å²) in [6.07, 6.45) is 1.84. The smallest absolute Gasteiger partial charge is 0.123 e. The first-order valence-corrected chi connectivity index (χ1v) is 7.51. The third kappa shape index (κ3) is 2.59. The molecule has 0 radical (unpaired) electrons. The lowest BCUT2D eigenvalue weighted by atomic mass is 10.00. The Morgan fingerprint density at radius 3 is 1.96 bits per heavy atom. The van der Waals surface area contributed by atoms with Crippen LogP contribution in [0.3, 0.4) is 0 Å². The maximum atomic E-state index is 13.0. The Kier molecular flexibility index (Phi) is 3.35. The van der Waals surface area contributed by atoms with Crippen molar-refractivity contribution in [2.45, 2.75) is 0 Å². The highest BCUT2D eigenvalue weighted by Crippen LogP contribution is 2.28. The Labute approximate surface area is 134 Å². The van der Waals surface area contributed by atoms with Gasteiger partial charge in [-0.1, -0.05) is 60.7 Å². The van der Waals surface area contributed by atoms with Crippen LogP contribution in [-0.2, 0) is 0 Å². The van der Waals surface area contributed by atoms with E-state index in [1.54, 1.807) is 12.1 Å². The molecule has 0 amide bonds. The third-order valence-electron chi connectivity index (χ3n) is 4.01. The average molecular weight is 299 g/mol. The minimum Gasteiger partial charge on any atom is -0.256 e. The first kappa shape index (κ1) is 13.6. The monoisotopic (exact) mass is 299 g/mol. The Hall–Kier alpha value is -3.00. The topological polar surface area (TPSA) is 12.9 Å². The Balaban J connectivity index is 1.77. The van der Waals surface area contributed by atoms with Crippen LogP contribution < -0.4 is 0 Å². The fraction of sp³-hybridized carbons (Fsp3) is 0. The van der Waals surface area contributed by atoms with Gasteiger partial charge in [0.25, 0.3) is 0 Å². The molecule has 0 fully saturated rings. The molecule has 0 bridgehead atoms. The van der Waals surface area contributed by atoms with Crippen LogP contribution in [0.2, 0.25) is 0 Å². The van der Waals surface area contributed by atoms with Crippen molar-refractivity contribution in [1.82, 2.24) is 4.98 Å². The molecule has 110 valence electrons. The normalized spacial score (nSPS) is 10.8. The predicted molar refractivity (Wildman–Crippen MR) is 92.6 cm³/mol. The molecule has 3 aromatic carbocycles. The van der Waals surface area contributed by atoms with Crippen LogP contribution in [0.1, 0.15) is 0 Å². The summed E-state index contributed by atoms with van der Waals surface area (Å²) in [5.74, 6) is -0.217. The van der Waals surface area contributed by atoms with Crippen LogP contribution in [0.25, 0.3) is 33.2 Å². The number of aromatic nitrogens is 1. The Morgan fingerprint density at radius 1 is 0.609 bits per heavy atom. The van der Waals surface area contributed by atoms with Crippen LogP contribution in [0.15, 0.2) is 85.1 Å². The van der Waals surface area contributed by atoms with Gasteiger partial charge in [0.2, 0.25) is 0 Å². The van der Waals surface area contributed by atoms with E-state index in [-0.39, 0.29) is 5.82 Å². The molecule has 0 atom stereocenters. The fourth-order valence-electron chi connectivity index (χ4n) is 2.81. The molecule has 0 aliphatic carbocycles. The number of hydrogen-bond donors (Lipinski definition) is 0. The van der Waals surface area contributed by atoms with Gasteiger partial charge in [-0.2, -0.15) is 0 Å². The molecule has 4 rings (SSSR count). The molecule has 1 heterocycles. The van der Waals surface area contributed by atoms with E-state index in [1.807, 2.05) is 36.5 Å². The minimum absolute atomic E-state index is 0.217. The maximum Gasteiger partial charge on any atom is 0.123 e. The molecule has 0 saturated heterocycles. The predicted octanol–water partition coefficient (Wildman–Crippen LogP) is 5.71. The molecule has 0 N–H and O–H groups in total. The Morgan fingerprint density at radius 2 is 1.22 bits per heavy atom. The molecule has 2 heteroatoms. The van der Waals surface area contributed by atoms with Gasteiger partial charge in [-0.3, -0.25) is 4.98 Å². The fourth-order valence-corrected chi connectivity index (χ4v) is 2.81. The van der Waals surface area contributed by atoms with Crippen molar-refractivity contribution in [2.75, 3.05) is 0 Å². The lowest BCUT2D eigenvalue weighted by Gasteiger charge is -2.07. The molecule has 1 nitrogen and oxygen atoms in total. The second-order valence-electron chi connectivity index (χ2n) is 5.46. The molecule has 23 heavy (non-hydrogen) atoms. The molecular weight excluding hydrogens is 285 g/mol. The van der Waals surface area contributed by atoms with Crippen LogP contribution in [0.4, 0.5) is 4.39 Å². The molecule has 0 unspecified atom stereocenters. The summed E-state index contributed by atoms with van der Waals surface area (Å²) in [5, 5.41) is 2.32. The summed E-state index contributed by atoms with van der Waals surface area (Å²) in [7, 11) is 0. The van der Waals surface area contributed by atoms with E-state index in [9.17, 15) is 4.39 Å². The summed E-state index contributed by atoms with van der Waals surface area (Å²) in [6.45, 7) is 0. The largest absolute Gasteiger partial charge is 0.256 e. The number of benzene rings is 3. The number of fused-ring (bicyclic) bond motifs is 1. The maximum absolute atomic E-state index is 13.0. The zero-order chi connectivity index (χ0) is 15.6. The highest BCUT2D eigenvalue weighted by Gasteiger charge is 2.05. The minimum atomic E-state index is -0.217. The first-order valence-electron chi connectivity index (χ1n) is 7.51. The second-order valence-corrected chi connectivity index (χ2v) is 5.46. The summed E-state index contributed by atoms with van der Waals surface area (Å²) >= 11 is 0. The number of pyridine rings is 1. The van der Waals surface area contributed by atoms with E-state index in [0.29, 0.717) is 0 Å². The van der Waals surface area contributed by atoms with E-state index in [2.05, 4.69) is 29.2 Å². The number of rotatable bonds is 2. The number of nitrogens with zero attached hydrogens (tertiary/aromatic N) is 1. The van der Waals surface area contributed by atoms with Gasteiger partial charge >= 0.3 is 0 Å². The van der Waals surface area contributed by atoms with Gasteiger partial charge in [-0.25, -0.2) is 4.39 Å². The number of halogens is 1. The van der Waals surface area contributed by atoms with Crippen LogP contribution in [0, 0.1) is 5.82 Å². The van der Waals surface area contributed by atoms with E-state index in [0.717, 1.165) is 27.8 Å². The zero-order valence-electron chi connectivity index (χ0n) is 12.4. The van der Waals surface area contributed by atoms with Gasteiger partial charge in [0.05, 0.1) is 5.69 Å². The summed E-state index contributed by atoms with van der Waals surface area (Å²) < 4.78 is 13.0. The van der Waals surface area contributed by atoms with Gasteiger partial charge in [0.15, 0.2) is 0 Å². The van der Waals surface area contributed by atoms with E-state index in [4.69, 9.17) is 0 Å². The van der Waals surface area contributed by atoms with Crippen molar-refractivity contribution < 1.29 is 4.39 Å². The quantitative estimate of drug-likeness (QED) is 0.462. The van der Waals surface area contributed by atoms with E-state index in [1.165, 1.54) is 17.5 Å². The summed E-state index contributed by atoms with van der Waals surface area (Å²) in [5.41, 5.74) is 4.12. The molecule has 0 saturated carbocycles. The van der Waals surface area contributed by atoms with Crippen LogP contribution >= 0.6 is 0 Å². The highest BCUT2D eigenvalue weighted by molar-refractivity contribution is 5.94. The van der Waals surface area contributed by atoms with Crippen molar-refractivity contribution in [3.05, 3.63) is 90.9 Å². The van der Waals surface area contributed by atoms with Crippen molar-refractivity contribution in [3.63, 3.8) is 0 Å². The first-order chi connectivity index (χ1) is 11.3. The molecular formula is C21H14FN. The van der Waals surface area contributed by atoms with Gasteiger partial charge in [0, 0.05) is 17.1 Å². The highest BCUT2D eigenvalue weighted by atomic mass is 19.1. The second kappa shape index (κ2) is 5.65. The summed E-state index contributed by atoms with van der Waals surface area (Å²) in [6, 6.07) is 25.0. The van der Waals surface area contributed by atoms with Crippen molar-refractivity contribution in [3.8, 4) is 22.4 Å². The van der Waals surface area contributed by atoms with Gasteiger partial charge in [-0.15, -0.1) is 0 Å². The third-order valence-corrected chi connectivity index (χ3v) is 4.01. The van der Waals surface area contributed by atoms with Crippen molar-refractivity contribution in [2.24, 2.45) is 0 Å². The lowest BCUT2D eigenvalue weighted by Crippen LogP contribution is -1.86. The number of hydrogen-bond acceptors (Lipinski definition) is 1. The SMILES string of the molecule is Fc1ccc(-c2ccc(-c3nccc4ccccc34)cc2)cc1. The molecule has 4 aromatic rings.